The van der Waals surface area contributed by atoms with E-state index in [1.165, 1.54) is 0 Å². The van der Waals surface area contributed by atoms with Crippen molar-refractivity contribution >= 4 is 23.3 Å². The molecule has 0 aliphatic rings. The quantitative estimate of drug-likeness (QED) is 0.394. The molecule has 0 aliphatic heterocycles. The van der Waals surface area contributed by atoms with Gasteiger partial charge in [-0.3, -0.25) is 9.78 Å². The predicted molar refractivity (Wildman–Crippen MR) is 119 cm³/mol. The molecule has 0 saturated carbocycles. The number of nitrogens with one attached hydrogen (secondary N) is 1. The molecule has 32 heavy (non-hydrogen) atoms. The zero-order valence-corrected chi connectivity index (χ0v) is 17.8. The number of aryl methyl sites for hydroxylation is 1. The van der Waals surface area contributed by atoms with Gasteiger partial charge in [-0.25, -0.2) is 4.98 Å². The molecular weight excluding hydrogens is 430 g/mol. The van der Waals surface area contributed by atoms with Gasteiger partial charge < -0.3 is 14.6 Å². The van der Waals surface area contributed by atoms with Crippen LogP contribution in [-0.2, 0) is 17.8 Å². The van der Waals surface area contributed by atoms with Crippen LogP contribution < -0.4 is 10.1 Å². The maximum Gasteiger partial charge on any atom is 0.226 e. The van der Waals surface area contributed by atoms with Crippen molar-refractivity contribution in [2.45, 2.75) is 25.9 Å². The van der Waals surface area contributed by atoms with Crippen molar-refractivity contribution < 1.29 is 14.1 Å². The van der Waals surface area contributed by atoms with Gasteiger partial charge in [-0.2, -0.15) is 4.98 Å². The minimum atomic E-state index is -0.171. The first-order valence-electron chi connectivity index (χ1n) is 10.0. The smallest absolute Gasteiger partial charge is 0.226 e. The van der Waals surface area contributed by atoms with Gasteiger partial charge in [-0.15, -0.1) is 0 Å². The maximum atomic E-state index is 12.4. The first-order chi connectivity index (χ1) is 15.7. The molecule has 1 aromatic carbocycles. The summed E-state index contributed by atoms with van der Waals surface area (Å²) in [7, 11) is 0. The van der Waals surface area contributed by atoms with Crippen LogP contribution in [0.25, 0.3) is 11.4 Å². The van der Waals surface area contributed by atoms with E-state index in [0.29, 0.717) is 47.8 Å². The van der Waals surface area contributed by atoms with Crippen LogP contribution in [0.4, 0.5) is 5.82 Å². The molecule has 1 amide bonds. The van der Waals surface area contributed by atoms with E-state index >= 15 is 0 Å². The maximum absolute atomic E-state index is 12.4. The first-order valence-corrected chi connectivity index (χ1v) is 10.4. The Kier molecular flexibility index (Phi) is 7.04. The third kappa shape index (κ3) is 5.89. The summed E-state index contributed by atoms with van der Waals surface area (Å²) in [4.78, 5) is 25.0. The van der Waals surface area contributed by atoms with Crippen LogP contribution in [0.5, 0.6) is 5.75 Å². The molecule has 4 rings (SSSR count). The van der Waals surface area contributed by atoms with Gasteiger partial charge in [0.25, 0.3) is 0 Å². The molecule has 0 bridgehead atoms. The molecule has 3 heterocycles. The van der Waals surface area contributed by atoms with E-state index in [-0.39, 0.29) is 12.3 Å². The Labute approximate surface area is 189 Å². The molecule has 0 unspecified atom stereocenters. The molecule has 9 heteroatoms. The van der Waals surface area contributed by atoms with E-state index < -0.39 is 0 Å². The first kappa shape index (κ1) is 21.5. The lowest BCUT2D eigenvalue weighted by Crippen LogP contribution is -2.14. The Morgan fingerprint density at radius 1 is 1.06 bits per heavy atom. The average Bonchev–Trinajstić information content (AvgIpc) is 3.28. The Morgan fingerprint density at radius 2 is 1.88 bits per heavy atom. The number of benzene rings is 1. The fourth-order valence-electron chi connectivity index (χ4n) is 2.91. The third-order valence-corrected chi connectivity index (χ3v) is 4.79. The highest BCUT2D eigenvalue weighted by molar-refractivity contribution is 6.30. The zero-order valence-electron chi connectivity index (χ0n) is 17.1. The van der Waals surface area contributed by atoms with E-state index in [4.69, 9.17) is 20.9 Å². The summed E-state index contributed by atoms with van der Waals surface area (Å²) in [5.74, 6) is 1.68. The van der Waals surface area contributed by atoms with E-state index in [1.54, 1.807) is 42.9 Å². The van der Waals surface area contributed by atoms with Crippen LogP contribution in [0.3, 0.4) is 0 Å². The van der Waals surface area contributed by atoms with Crippen LogP contribution in [0, 0.1) is 0 Å². The number of halogens is 1. The summed E-state index contributed by atoms with van der Waals surface area (Å²) in [5.41, 5.74) is 1.79. The van der Waals surface area contributed by atoms with Gasteiger partial charge in [-0.1, -0.05) is 16.8 Å². The predicted octanol–water partition coefficient (Wildman–Crippen LogP) is 4.72. The van der Waals surface area contributed by atoms with E-state index in [9.17, 15) is 4.79 Å². The lowest BCUT2D eigenvalue weighted by molar-refractivity contribution is -0.116. The van der Waals surface area contributed by atoms with Crippen molar-refractivity contribution in [3.63, 3.8) is 0 Å². The second-order valence-corrected chi connectivity index (χ2v) is 7.35. The number of anilines is 1. The molecule has 0 aliphatic carbocycles. The summed E-state index contributed by atoms with van der Waals surface area (Å²) in [6.07, 6.45) is 6.32. The van der Waals surface area contributed by atoms with E-state index in [0.717, 1.165) is 11.1 Å². The van der Waals surface area contributed by atoms with Gasteiger partial charge in [0.2, 0.25) is 17.6 Å². The second-order valence-electron chi connectivity index (χ2n) is 6.91. The van der Waals surface area contributed by atoms with Crippen molar-refractivity contribution in [3.8, 4) is 17.1 Å². The number of hydrogen-bond acceptors (Lipinski definition) is 7. The SMILES string of the molecule is O=C(CCCc1nc(-c2ccc(Cl)cc2)no1)Nc1ncccc1OCc1ccncc1. The zero-order chi connectivity index (χ0) is 22.2. The van der Waals surface area contributed by atoms with Gasteiger partial charge in [0.05, 0.1) is 0 Å². The number of ether oxygens (including phenoxy) is 1. The van der Waals surface area contributed by atoms with Gasteiger partial charge in [-0.05, 0) is 60.5 Å². The highest BCUT2D eigenvalue weighted by Gasteiger charge is 2.12. The number of carbonyl (C=O) groups excluding carboxylic acids is 1. The highest BCUT2D eigenvalue weighted by atomic mass is 35.5. The van der Waals surface area contributed by atoms with Crippen LogP contribution in [-0.4, -0.2) is 26.0 Å². The molecule has 4 aromatic rings. The largest absolute Gasteiger partial charge is 0.485 e. The van der Waals surface area contributed by atoms with Gasteiger partial charge in [0, 0.05) is 42.0 Å². The fourth-order valence-corrected chi connectivity index (χ4v) is 3.03. The Morgan fingerprint density at radius 3 is 2.69 bits per heavy atom. The number of hydrogen-bond donors (Lipinski definition) is 1. The van der Waals surface area contributed by atoms with Gasteiger partial charge in [0.15, 0.2) is 11.6 Å². The van der Waals surface area contributed by atoms with Gasteiger partial charge in [0.1, 0.15) is 6.61 Å². The number of rotatable bonds is 9. The lowest BCUT2D eigenvalue weighted by Gasteiger charge is -2.11. The number of nitrogens with zero attached hydrogens (tertiary/aromatic N) is 4. The fraction of sp³-hybridized carbons (Fsp3) is 0.174. The summed E-state index contributed by atoms with van der Waals surface area (Å²) < 4.78 is 11.1. The molecule has 0 spiro atoms. The van der Waals surface area contributed by atoms with Crippen molar-refractivity contribution in [2.75, 3.05) is 5.32 Å². The van der Waals surface area contributed by atoms with Crippen molar-refractivity contribution in [1.82, 2.24) is 20.1 Å². The summed E-state index contributed by atoms with van der Waals surface area (Å²) in [6.45, 7) is 0.351. The molecule has 3 aromatic heterocycles. The van der Waals surface area contributed by atoms with Gasteiger partial charge >= 0.3 is 0 Å². The van der Waals surface area contributed by atoms with E-state index in [1.807, 2.05) is 24.3 Å². The monoisotopic (exact) mass is 449 g/mol. The number of pyridine rings is 2. The van der Waals surface area contributed by atoms with Crippen molar-refractivity contribution in [3.05, 3.63) is 83.6 Å². The highest BCUT2D eigenvalue weighted by Crippen LogP contribution is 2.23. The number of amides is 1. The van der Waals surface area contributed by atoms with Crippen LogP contribution in [0.15, 0.2) is 71.6 Å². The third-order valence-electron chi connectivity index (χ3n) is 4.54. The normalized spacial score (nSPS) is 10.7. The topological polar surface area (TPSA) is 103 Å². The second kappa shape index (κ2) is 10.5. The molecule has 0 saturated heterocycles. The minimum absolute atomic E-state index is 0.171. The molecular formula is C23H20ClN5O3. The minimum Gasteiger partial charge on any atom is -0.485 e. The van der Waals surface area contributed by atoms with Crippen molar-refractivity contribution in [2.24, 2.45) is 0 Å². The standard InChI is InChI=1S/C23H20ClN5O3/c24-18-8-6-17(7-9-18)22-28-21(32-29-22)5-1-4-20(30)27-23-19(3-2-12-26-23)31-15-16-10-13-25-14-11-16/h2-3,6-14H,1,4-5,15H2,(H,26,27,30). The lowest BCUT2D eigenvalue weighted by atomic mass is 10.2. The summed E-state index contributed by atoms with van der Waals surface area (Å²) >= 11 is 5.90. The van der Waals surface area contributed by atoms with Crippen LogP contribution >= 0.6 is 11.6 Å². The molecule has 0 fully saturated rings. The van der Waals surface area contributed by atoms with Crippen molar-refractivity contribution in [1.29, 1.82) is 0 Å². The Hall–Kier alpha value is -3.78. The summed E-state index contributed by atoms with van der Waals surface area (Å²) in [5, 5.41) is 7.42. The molecule has 1 N–H and O–H groups in total. The average molecular weight is 450 g/mol. The van der Waals surface area contributed by atoms with E-state index in [2.05, 4.69) is 25.4 Å². The summed E-state index contributed by atoms with van der Waals surface area (Å²) in [6, 6.07) is 14.4. The number of aromatic nitrogens is 4. The molecule has 0 atom stereocenters. The van der Waals surface area contributed by atoms with Crippen LogP contribution in [0.2, 0.25) is 5.02 Å². The molecule has 0 radical (unpaired) electrons. The van der Waals surface area contributed by atoms with Crippen LogP contribution in [0.1, 0.15) is 24.3 Å². The Balaban J connectivity index is 1.27. The number of carbonyl (C=O) groups is 1. The molecule has 8 nitrogen and oxygen atoms in total. The molecule has 162 valence electrons. The Bertz CT molecular complexity index is 1170.